The molecule has 0 bridgehead atoms. The number of aliphatic hydroxyl groups excluding tert-OH is 1. The van der Waals surface area contributed by atoms with Gasteiger partial charge in [0.2, 0.25) is 11.8 Å². The normalized spacial score (nSPS) is 17.4. The Labute approximate surface area is 92.5 Å². The molecule has 6 heteroatoms. The lowest BCUT2D eigenvalue weighted by Crippen LogP contribution is -2.41. The van der Waals surface area contributed by atoms with Crippen LogP contribution in [-0.2, 0) is 19.1 Å². The number of hydrogen-bond acceptors (Lipinski definition) is 5. The fourth-order valence-corrected chi connectivity index (χ4v) is 1.64. The molecule has 0 aromatic rings. The molecule has 88 valence electrons. The highest BCUT2D eigenvalue weighted by Crippen LogP contribution is 2.21. The van der Waals surface area contributed by atoms with E-state index in [2.05, 4.69) is 11.3 Å². The number of carbonyl (C=O) groups is 3. The van der Waals surface area contributed by atoms with Crippen molar-refractivity contribution < 1.29 is 24.2 Å². The molecule has 0 aliphatic carbocycles. The Morgan fingerprint density at radius 1 is 1.50 bits per heavy atom. The maximum Gasteiger partial charge on any atom is 0.298 e. The molecule has 1 rings (SSSR count). The van der Waals surface area contributed by atoms with Crippen molar-refractivity contribution in [2.45, 2.75) is 25.3 Å². The average molecular weight is 227 g/mol. The van der Waals surface area contributed by atoms with Crippen LogP contribution in [0.2, 0.25) is 0 Å². The number of amides is 2. The number of rotatable bonds is 6. The van der Waals surface area contributed by atoms with E-state index in [1.807, 2.05) is 0 Å². The summed E-state index contributed by atoms with van der Waals surface area (Å²) in [5.41, 5.74) is 0. The lowest BCUT2D eigenvalue weighted by atomic mass is 10.1. The Kier molecular flexibility index (Phi) is 4.19. The first-order valence-electron chi connectivity index (χ1n) is 4.86. The number of hydrogen-bond donors (Lipinski definition) is 1. The van der Waals surface area contributed by atoms with Crippen molar-refractivity contribution >= 4 is 18.3 Å². The molecule has 16 heavy (non-hydrogen) atoms. The van der Waals surface area contributed by atoms with Crippen LogP contribution < -0.4 is 0 Å². The number of ether oxygens (including phenoxy) is 1. The van der Waals surface area contributed by atoms with E-state index in [-0.39, 0.29) is 49.9 Å². The minimum Gasteiger partial charge on any atom is -0.432 e. The standard InChI is InChI=1S/C10H13NO5/c1-7(16-6-13)8(4-5-12)11-9(14)2-3-10(11)15/h6,8,12H,1-5H2. The van der Waals surface area contributed by atoms with Gasteiger partial charge in [0, 0.05) is 19.4 Å². The molecule has 1 aliphatic heterocycles. The second kappa shape index (κ2) is 5.41. The van der Waals surface area contributed by atoms with Crippen LogP contribution in [0.15, 0.2) is 12.3 Å². The van der Waals surface area contributed by atoms with Crippen LogP contribution in [0.4, 0.5) is 0 Å². The van der Waals surface area contributed by atoms with Crippen LogP contribution in [0.25, 0.3) is 0 Å². The first-order valence-corrected chi connectivity index (χ1v) is 4.86. The summed E-state index contributed by atoms with van der Waals surface area (Å²) in [5, 5.41) is 8.85. The van der Waals surface area contributed by atoms with E-state index in [9.17, 15) is 14.4 Å². The highest BCUT2D eigenvalue weighted by Gasteiger charge is 2.36. The van der Waals surface area contributed by atoms with Crippen LogP contribution in [0.5, 0.6) is 0 Å². The molecule has 0 aromatic carbocycles. The SMILES string of the molecule is C=C(OC=O)C(CCO)N1C(=O)CCC1=O. The van der Waals surface area contributed by atoms with E-state index in [1.165, 1.54) is 0 Å². The predicted molar refractivity (Wildman–Crippen MR) is 52.9 cm³/mol. The van der Waals surface area contributed by atoms with Gasteiger partial charge in [-0.15, -0.1) is 0 Å². The summed E-state index contributed by atoms with van der Waals surface area (Å²) < 4.78 is 4.53. The van der Waals surface area contributed by atoms with Gasteiger partial charge in [0.1, 0.15) is 5.76 Å². The van der Waals surface area contributed by atoms with E-state index >= 15 is 0 Å². The zero-order valence-corrected chi connectivity index (χ0v) is 8.72. The summed E-state index contributed by atoms with van der Waals surface area (Å²) >= 11 is 0. The second-order valence-corrected chi connectivity index (χ2v) is 3.37. The van der Waals surface area contributed by atoms with Gasteiger partial charge < -0.3 is 9.84 Å². The second-order valence-electron chi connectivity index (χ2n) is 3.37. The number of aliphatic hydroxyl groups is 1. The highest BCUT2D eigenvalue weighted by molar-refractivity contribution is 6.02. The highest BCUT2D eigenvalue weighted by atomic mass is 16.5. The molecule has 1 aliphatic rings. The third-order valence-electron chi connectivity index (χ3n) is 2.38. The van der Waals surface area contributed by atoms with Crippen molar-refractivity contribution in [3.63, 3.8) is 0 Å². The average Bonchev–Trinajstić information content (AvgIpc) is 2.56. The van der Waals surface area contributed by atoms with E-state index in [1.54, 1.807) is 0 Å². The van der Waals surface area contributed by atoms with Gasteiger partial charge in [0.15, 0.2) is 0 Å². The number of likely N-dealkylation sites (tertiary alicyclic amines) is 1. The largest absolute Gasteiger partial charge is 0.432 e. The summed E-state index contributed by atoms with van der Waals surface area (Å²) in [7, 11) is 0. The van der Waals surface area contributed by atoms with Gasteiger partial charge in [-0.3, -0.25) is 19.3 Å². The molecule has 1 saturated heterocycles. The van der Waals surface area contributed by atoms with E-state index in [0.29, 0.717) is 0 Å². The molecule has 1 unspecified atom stereocenters. The monoisotopic (exact) mass is 227 g/mol. The van der Waals surface area contributed by atoms with Gasteiger partial charge >= 0.3 is 0 Å². The van der Waals surface area contributed by atoms with Crippen LogP contribution in [0.3, 0.4) is 0 Å². The van der Waals surface area contributed by atoms with Gasteiger partial charge in [0.25, 0.3) is 6.47 Å². The Morgan fingerprint density at radius 2 is 2.06 bits per heavy atom. The molecule has 1 N–H and O–H groups in total. The zero-order chi connectivity index (χ0) is 12.1. The summed E-state index contributed by atoms with van der Waals surface area (Å²) in [6.07, 6.45) is 0.411. The molecule has 0 radical (unpaired) electrons. The van der Waals surface area contributed by atoms with Crippen molar-refractivity contribution in [2.75, 3.05) is 6.61 Å². The van der Waals surface area contributed by atoms with Crippen molar-refractivity contribution in [2.24, 2.45) is 0 Å². The molecule has 0 saturated carbocycles. The smallest absolute Gasteiger partial charge is 0.298 e. The van der Waals surface area contributed by atoms with Crippen molar-refractivity contribution in [1.82, 2.24) is 4.90 Å². The van der Waals surface area contributed by atoms with Crippen molar-refractivity contribution in [3.05, 3.63) is 12.3 Å². The molecular formula is C10H13NO5. The lowest BCUT2D eigenvalue weighted by molar-refractivity contribution is -0.143. The number of nitrogens with zero attached hydrogens (tertiary/aromatic N) is 1. The first-order chi connectivity index (χ1) is 7.61. The predicted octanol–water partition coefficient (Wildman–Crippen LogP) is -0.427. The summed E-state index contributed by atoms with van der Waals surface area (Å²) in [6, 6.07) is -0.766. The van der Waals surface area contributed by atoms with Crippen molar-refractivity contribution in [3.8, 4) is 0 Å². The van der Waals surface area contributed by atoms with Gasteiger partial charge in [-0.05, 0) is 6.42 Å². The summed E-state index contributed by atoms with van der Waals surface area (Å²) in [5.74, 6) is -0.675. The van der Waals surface area contributed by atoms with Crippen LogP contribution in [0.1, 0.15) is 19.3 Å². The minimum absolute atomic E-state index is 0.00681. The van der Waals surface area contributed by atoms with Gasteiger partial charge in [-0.25, -0.2) is 0 Å². The molecule has 6 nitrogen and oxygen atoms in total. The fourth-order valence-electron chi connectivity index (χ4n) is 1.64. The summed E-state index contributed by atoms with van der Waals surface area (Å²) in [4.78, 5) is 34.1. The maximum absolute atomic E-state index is 11.4. The van der Waals surface area contributed by atoms with Crippen LogP contribution >= 0.6 is 0 Å². The van der Waals surface area contributed by atoms with Gasteiger partial charge in [-0.2, -0.15) is 0 Å². The van der Waals surface area contributed by atoms with Crippen LogP contribution in [0, 0.1) is 0 Å². The summed E-state index contributed by atoms with van der Waals surface area (Å²) in [6.45, 7) is 3.41. The molecule has 0 aromatic heterocycles. The fraction of sp³-hybridized carbons (Fsp3) is 0.500. The Bertz CT molecular complexity index is 309. The molecule has 0 spiro atoms. The first kappa shape index (κ1) is 12.4. The molecular weight excluding hydrogens is 214 g/mol. The van der Waals surface area contributed by atoms with E-state index < -0.39 is 6.04 Å². The molecule has 1 fully saturated rings. The minimum atomic E-state index is -0.766. The quantitative estimate of drug-likeness (QED) is 0.378. The third kappa shape index (κ3) is 2.46. The van der Waals surface area contributed by atoms with E-state index in [0.717, 1.165) is 4.90 Å². The topological polar surface area (TPSA) is 83.9 Å². The lowest BCUT2D eigenvalue weighted by Gasteiger charge is -2.25. The molecule has 1 atom stereocenters. The molecule has 1 heterocycles. The van der Waals surface area contributed by atoms with E-state index in [4.69, 9.17) is 5.11 Å². The Hall–Kier alpha value is -1.69. The Balaban J connectivity index is 2.83. The maximum atomic E-state index is 11.4. The zero-order valence-electron chi connectivity index (χ0n) is 8.72. The van der Waals surface area contributed by atoms with Crippen LogP contribution in [-0.4, -0.2) is 40.9 Å². The third-order valence-corrected chi connectivity index (χ3v) is 2.38. The van der Waals surface area contributed by atoms with Crippen molar-refractivity contribution in [1.29, 1.82) is 0 Å². The Morgan fingerprint density at radius 3 is 2.50 bits per heavy atom. The number of carbonyl (C=O) groups excluding carboxylic acids is 3. The molecule has 2 amide bonds. The van der Waals surface area contributed by atoms with Gasteiger partial charge in [0.05, 0.1) is 6.04 Å². The van der Waals surface area contributed by atoms with Gasteiger partial charge in [-0.1, -0.05) is 6.58 Å². The number of imide groups is 1.